The molecule has 0 aliphatic carbocycles. The van der Waals surface area contributed by atoms with Crippen LogP contribution in [0.5, 0.6) is 5.75 Å². The van der Waals surface area contributed by atoms with Gasteiger partial charge in [-0.3, -0.25) is 4.79 Å². The first-order valence-electron chi connectivity index (χ1n) is 9.18. The molecule has 0 bridgehead atoms. The van der Waals surface area contributed by atoms with Crippen molar-refractivity contribution in [1.82, 2.24) is 20.7 Å². The van der Waals surface area contributed by atoms with Gasteiger partial charge in [-0.2, -0.15) is 0 Å². The Morgan fingerprint density at radius 2 is 2.08 bits per heavy atom. The number of amides is 1. The fraction of sp³-hybridized carbons (Fsp3) is 0.632. The molecule has 2 aliphatic heterocycles. The van der Waals surface area contributed by atoms with Gasteiger partial charge in [0.05, 0.1) is 7.11 Å². The fourth-order valence-corrected chi connectivity index (χ4v) is 3.83. The third-order valence-corrected chi connectivity index (χ3v) is 5.44. The number of benzene rings is 1. The summed E-state index contributed by atoms with van der Waals surface area (Å²) in [5, 5.41) is 0. The zero-order chi connectivity index (χ0) is 17.8. The third kappa shape index (κ3) is 4.32. The van der Waals surface area contributed by atoms with Gasteiger partial charge in [-0.05, 0) is 57.5 Å². The highest BCUT2D eigenvalue weighted by Gasteiger charge is 2.33. The molecule has 3 rings (SSSR count). The van der Waals surface area contributed by atoms with Crippen molar-refractivity contribution in [3.8, 4) is 5.75 Å². The molecule has 0 aromatic heterocycles. The van der Waals surface area contributed by atoms with Crippen molar-refractivity contribution >= 4 is 5.91 Å². The molecule has 6 nitrogen and oxygen atoms in total. The number of nitrogens with zero attached hydrogens (tertiary/aromatic N) is 2. The topological polar surface area (TPSA) is 56.8 Å². The third-order valence-electron chi connectivity index (χ3n) is 5.44. The van der Waals surface area contributed by atoms with Crippen molar-refractivity contribution < 1.29 is 9.53 Å². The van der Waals surface area contributed by atoms with E-state index in [-0.39, 0.29) is 18.0 Å². The van der Waals surface area contributed by atoms with Gasteiger partial charge >= 0.3 is 0 Å². The maximum Gasteiger partial charge on any atom is 0.241 e. The van der Waals surface area contributed by atoms with E-state index in [2.05, 4.69) is 35.9 Å². The summed E-state index contributed by atoms with van der Waals surface area (Å²) in [6.45, 7) is 1.72. The molecule has 1 aromatic rings. The molecule has 2 fully saturated rings. The molecule has 2 heterocycles. The molecule has 1 aromatic carbocycles. The van der Waals surface area contributed by atoms with E-state index in [0.717, 1.165) is 43.7 Å². The van der Waals surface area contributed by atoms with Crippen molar-refractivity contribution in [2.45, 2.75) is 43.8 Å². The molecule has 25 heavy (non-hydrogen) atoms. The second-order valence-corrected chi connectivity index (χ2v) is 7.28. The number of methoxy groups -OCH3 is 1. The summed E-state index contributed by atoms with van der Waals surface area (Å²) in [6.07, 6.45) is 4.06. The molecular formula is C19H30N4O2. The minimum absolute atomic E-state index is 0.130. The van der Waals surface area contributed by atoms with Gasteiger partial charge < -0.3 is 14.5 Å². The van der Waals surface area contributed by atoms with E-state index >= 15 is 0 Å². The molecule has 2 saturated heterocycles. The van der Waals surface area contributed by atoms with Crippen LogP contribution in [0, 0.1) is 0 Å². The lowest BCUT2D eigenvalue weighted by molar-refractivity contribution is -0.133. The number of hydrogen-bond acceptors (Lipinski definition) is 5. The number of likely N-dealkylation sites (tertiary alicyclic amines) is 1. The number of hydrazine groups is 1. The minimum Gasteiger partial charge on any atom is -0.497 e. The van der Waals surface area contributed by atoms with Crippen molar-refractivity contribution in [3.05, 3.63) is 29.8 Å². The van der Waals surface area contributed by atoms with Gasteiger partial charge in [-0.1, -0.05) is 12.1 Å². The van der Waals surface area contributed by atoms with E-state index in [4.69, 9.17) is 4.74 Å². The van der Waals surface area contributed by atoms with Gasteiger partial charge in [0, 0.05) is 25.2 Å². The van der Waals surface area contributed by atoms with Gasteiger partial charge in [-0.25, -0.2) is 10.9 Å². The van der Waals surface area contributed by atoms with Crippen LogP contribution in [-0.2, 0) is 4.79 Å². The van der Waals surface area contributed by atoms with E-state index in [1.54, 1.807) is 7.11 Å². The van der Waals surface area contributed by atoms with E-state index in [1.807, 2.05) is 23.1 Å². The maximum absolute atomic E-state index is 12.9. The highest BCUT2D eigenvalue weighted by molar-refractivity contribution is 5.82. The van der Waals surface area contributed by atoms with Crippen molar-refractivity contribution in [2.75, 3.05) is 34.3 Å². The van der Waals surface area contributed by atoms with Gasteiger partial charge in [0.15, 0.2) is 0 Å². The highest BCUT2D eigenvalue weighted by Crippen LogP contribution is 2.26. The Balaban J connectivity index is 1.58. The standard InChI is InChI=1S/C19H30N4O2/c1-22(2)15-7-5-10-23(11-9-15)19(24)18-13-17(20-21-18)14-6-4-8-16(12-14)25-3/h4,6,8,12,15,17-18,20-21H,5,7,9-11,13H2,1-3H3. The Hall–Kier alpha value is -1.63. The molecule has 2 aliphatic rings. The minimum atomic E-state index is -0.160. The van der Waals surface area contributed by atoms with Crippen LogP contribution >= 0.6 is 0 Å². The largest absolute Gasteiger partial charge is 0.497 e. The predicted molar refractivity (Wildman–Crippen MR) is 98.3 cm³/mol. The number of nitrogens with one attached hydrogen (secondary N) is 2. The van der Waals surface area contributed by atoms with Crippen LogP contribution in [0.4, 0.5) is 0 Å². The van der Waals surface area contributed by atoms with Crippen LogP contribution in [-0.4, -0.2) is 62.1 Å². The Morgan fingerprint density at radius 1 is 1.24 bits per heavy atom. The quantitative estimate of drug-likeness (QED) is 0.866. The molecule has 0 radical (unpaired) electrons. The lowest BCUT2D eigenvalue weighted by Gasteiger charge is -2.25. The SMILES string of the molecule is COc1cccc(C2CC(C(=O)N3CCCC(N(C)C)CC3)NN2)c1. The molecule has 2 N–H and O–H groups in total. The molecule has 138 valence electrons. The van der Waals surface area contributed by atoms with E-state index < -0.39 is 0 Å². The summed E-state index contributed by atoms with van der Waals surface area (Å²) in [5.41, 5.74) is 7.62. The van der Waals surface area contributed by atoms with Crippen LogP contribution in [0.25, 0.3) is 0 Å². The summed E-state index contributed by atoms with van der Waals surface area (Å²) < 4.78 is 5.30. The Bertz CT molecular complexity index is 593. The molecule has 3 unspecified atom stereocenters. The summed E-state index contributed by atoms with van der Waals surface area (Å²) in [7, 11) is 5.93. The van der Waals surface area contributed by atoms with Crippen LogP contribution in [0.2, 0.25) is 0 Å². The molecule has 3 atom stereocenters. The van der Waals surface area contributed by atoms with Gasteiger partial charge in [0.1, 0.15) is 11.8 Å². The number of hydrogen-bond donors (Lipinski definition) is 2. The number of ether oxygens (including phenoxy) is 1. The predicted octanol–water partition coefficient (Wildman–Crippen LogP) is 1.55. The zero-order valence-corrected chi connectivity index (χ0v) is 15.5. The van der Waals surface area contributed by atoms with E-state index in [9.17, 15) is 4.79 Å². The summed E-state index contributed by atoms with van der Waals surface area (Å²) in [5.74, 6) is 1.06. The molecule has 0 spiro atoms. The second-order valence-electron chi connectivity index (χ2n) is 7.28. The Labute approximate surface area is 150 Å². The van der Waals surface area contributed by atoms with Crippen molar-refractivity contribution in [2.24, 2.45) is 0 Å². The lowest BCUT2D eigenvalue weighted by atomic mass is 10.0. The average molecular weight is 346 g/mol. The van der Waals surface area contributed by atoms with Crippen LogP contribution in [0.3, 0.4) is 0 Å². The molecule has 6 heteroatoms. The summed E-state index contributed by atoms with van der Waals surface area (Å²) >= 11 is 0. The van der Waals surface area contributed by atoms with E-state index in [1.165, 1.54) is 6.42 Å². The fourth-order valence-electron chi connectivity index (χ4n) is 3.83. The number of carbonyl (C=O) groups is 1. The average Bonchev–Trinajstić information content (AvgIpc) is 2.98. The van der Waals surface area contributed by atoms with Gasteiger partial charge in [0.25, 0.3) is 0 Å². The second kappa shape index (κ2) is 8.17. The first-order chi connectivity index (χ1) is 12.1. The van der Waals surface area contributed by atoms with Crippen molar-refractivity contribution in [3.63, 3.8) is 0 Å². The van der Waals surface area contributed by atoms with Crippen LogP contribution < -0.4 is 15.6 Å². The van der Waals surface area contributed by atoms with Gasteiger partial charge in [0.2, 0.25) is 5.91 Å². The van der Waals surface area contributed by atoms with Gasteiger partial charge in [-0.15, -0.1) is 0 Å². The molecule has 0 saturated carbocycles. The molecule has 1 amide bonds. The van der Waals surface area contributed by atoms with Crippen LogP contribution in [0.1, 0.15) is 37.3 Å². The Morgan fingerprint density at radius 3 is 2.84 bits per heavy atom. The van der Waals surface area contributed by atoms with Crippen molar-refractivity contribution in [1.29, 1.82) is 0 Å². The first kappa shape index (κ1) is 18.2. The monoisotopic (exact) mass is 346 g/mol. The zero-order valence-electron chi connectivity index (χ0n) is 15.5. The van der Waals surface area contributed by atoms with E-state index in [0.29, 0.717) is 6.04 Å². The normalized spacial score (nSPS) is 27.4. The Kier molecular flexibility index (Phi) is 5.93. The smallest absolute Gasteiger partial charge is 0.241 e. The lowest BCUT2D eigenvalue weighted by Crippen LogP contribution is -2.46. The summed E-state index contributed by atoms with van der Waals surface area (Å²) in [6, 6.07) is 8.57. The maximum atomic E-state index is 12.9. The summed E-state index contributed by atoms with van der Waals surface area (Å²) in [4.78, 5) is 17.2. The van der Waals surface area contributed by atoms with Crippen LogP contribution in [0.15, 0.2) is 24.3 Å². The molecular weight excluding hydrogens is 316 g/mol. The number of carbonyl (C=O) groups excluding carboxylic acids is 1. The number of rotatable bonds is 4. The highest BCUT2D eigenvalue weighted by atomic mass is 16.5. The first-order valence-corrected chi connectivity index (χ1v) is 9.18.